The molecule has 0 atom stereocenters. The Morgan fingerprint density at radius 3 is 2.56 bits per heavy atom. The SMILES string of the molecule is [N-]=[N+]=CC(=O)/C(Cl)=C/Cl. The summed E-state index contributed by atoms with van der Waals surface area (Å²) in [5.74, 6) is -0.630. The second-order valence-electron chi connectivity index (χ2n) is 1.07. The van der Waals surface area contributed by atoms with Crippen molar-refractivity contribution in [2.24, 2.45) is 0 Å². The molecule has 0 aromatic carbocycles. The normalized spacial score (nSPS) is 10.2. The molecule has 48 valence electrons. The van der Waals surface area contributed by atoms with Gasteiger partial charge in [0, 0.05) is 5.54 Å². The fraction of sp³-hybridized carbons (Fsp3) is 0. The second kappa shape index (κ2) is 4.27. The average Bonchev–Trinajstić information content (AvgIpc) is 1.87. The van der Waals surface area contributed by atoms with Crippen LogP contribution >= 0.6 is 23.2 Å². The lowest BCUT2D eigenvalue weighted by atomic mass is 10.4. The number of hydrogen-bond donors (Lipinski definition) is 0. The zero-order valence-electron chi connectivity index (χ0n) is 4.21. The summed E-state index contributed by atoms with van der Waals surface area (Å²) in [5, 5.41) is -0.186. The van der Waals surface area contributed by atoms with E-state index in [9.17, 15) is 4.79 Å². The first-order valence-corrected chi connectivity index (χ1v) is 2.71. The summed E-state index contributed by atoms with van der Waals surface area (Å²) in [6.07, 6.45) is 0.654. The molecule has 0 aliphatic rings. The van der Waals surface area contributed by atoms with Gasteiger partial charge in [-0.15, -0.1) is 0 Å². The minimum atomic E-state index is -0.630. The summed E-state index contributed by atoms with van der Waals surface area (Å²) >= 11 is 10.2. The van der Waals surface area contributed by atoms with Gasteiger partial charge in [0.05, 0.1) is 0 Å². The van der Waals surface area contributed by atoms with Crippen molar-refractivity contribution in [3.63, 3.8) is 0 Å². The largest absolute Gasteiger partial charge is 0.361 e. The van der Waals surface area contributed by atoms with Crippen LogP contribution < -0.4 is 0 Å². The van der Waals surface area contributed by atoms with Gasteiger partial charge in [0.15, 0.2) is 0 Å². The zero-order chi connectivity index (χ0) is 7.28. The molecular weight excluding hydrogens is 163 g/mol. The molecule has 0 saturated carbocycles. The number of ketones is 1. The van der Waals surface area contributed by atoms with Crippen molar-refractivity contribution < 1.29 is 9.58 Å². The molecule has 0 radical (unpaired) electrons. The molecule has 0 aliphatic heterocycles. The molecule has 0 N–H and O–H groups in total. The van der Waals surface area contributed by atoms with Crippen molar-refractivity contribution in [1.82, 2.24) is 0 Å². The molecule has 0 aromatic rings. The molecule has 3 nitrogen and oxygen atoms in total. The number of nitrogens with zero attached hydrogens (tertiary/aromatic N) is 2. The minimum absolute atomic E-state index is 0.186. The fourth-order valence-electron chi connectivity index (χ4n) is 0.168. The smallest absolute Gasteiger partial charge is 0.329 e. The van der Waals surface area contributed by atoms with Gasteiger partial charge in [-0.05, 0) is 0 Å². The van der Waals surface area contributed by atoms with E-state index in [-0.39, 0.29) is 5.03 Å². The van der Waals surface area contributed by atoms with E-state index in [1.165, 1.54) is 0 Å². The van der Waals surface area contributed by atoms with E-state index < -0.39 is 5.78 Å². The van der Waals surface area contributed by atoms with Crippen LogP contribution in [0.2, 0.25) is 0 Å². The highest BCUT2D eigenvalue weighted by molar-refractivity contribution is 6.55. The molecule has 0 fully saturated rings. The molecule has 0 heterocycles. The Morgan fingerprint density at radius 1 is 1.67 bits per heavy atom. The van der Waals surface area contributed by atoms with E-state index in [2.05, 4.69) is 4.79 Å². The quantitative estimate of drug-likeness (QED) is 0.262. The molecule has 0 aliphatic carbocycles. The highest BCUT2D eigenvalue weighted by atomic mass is 35.5. The fourth-order valence-corrected chi connectivity index (χ4v) is 0.324. The summed E-state index contributed by atoms with van der Waals surface area (Å²) in [6.45, 7) is 0. The minimum Gasteiger partial charge on any atom is -0.361 e. The average molecular weight is 165 g/mol. The number of halogens is 2. The van der Waals surface area contributed by atoms with Crippen LogP contribution in [0.1, 0.15) is 0 Å². The Balaban J connectivity index is 4.22. The van der Waals surface area contributed by atoms with E-state index in [0.717, 1.165) is 5.54 Å². The Morgan fingerprint density at radius 2 is 2.22 bits per heavy atom. The van der Waals surface area contributed by atoms with Gasteiger partial charge in [-0.3, -0.25) is 4.79 Å². The van der Waals surface area contributed by atoms with Crippen LogP contribution in [-0.4, -0.2) is 16.8 Å². The molecule has 5 heteroatoms. The van der Waals surface area contributed by atoms with Gasteiger partial charge in [-0.1, -0.05) is 23.2 Å². The van der Waals surface area contributed by atoms with Crippen LogP contribution in [0.15, 0.2) is 10.6 Å². The number of allylic oxidation sites excluding steroid dienone is 1. The Kier molecular flexibility index (Phi) is 3.97. The van der Waals surface area contributed by atoms with Crippen LogP contribution in [-0.2, 0) is 4.79 Å². The topological polar surface area (TPSA) is 53.5 Å². The summed E-state index contributed by atoms with van der Waals surface area (Å²) < 4.78 is 0. The standard InChI is InChI=1S/C4H2Cl2N2O/c5-1-3(6)4(9)2-8-7/h1-2H/b3-1-. The highest BCUT2D eigenvalue weighted by Crippen LogP contribution is 2.01. The van der Waals surface area contributed by atoms with Crippen LogP contribution in [0.3, 0.4) is 0 Å². The Bertz CT molecular complexity index is 193. The van der Waals surface area contributed by atoms with E-state index >= 15 is 0 Å². The molecule has 0 unspecified atom stereocenters. The van der Waals surface area contributed by atoms with Gasteiger partial charge in [-0.2, -0.15) is 4.79 Å². The molecule has 0 bridgehead atoms. The molecule has 0 saturated heterocycles. The predicted octanol–water partition coefficient (Wildman–Crippen LogP) is 1.18. The highest BCUT2D eigenvalue weighted by Gasteiger charge is 2.05. The Labute approximate surface area is 61.5 Å². The molecule has 0 spiro atoms. The van der Waals surface area contributed by atoms with Gasteiger partial charge in [0.1, 0.15) is 5.03 Å². The predicted molar refractivity (Wildman–Crippen MR) is 34.5 cm³/mol. The summed E-state index contributed by atoms with van der Waals surface area (Å²) in [5.41, 5.74) is 8.70. The van der Waals surface area contributed by atoms with Gasteiger partial charge >= 0.3 is 6.21 Å². The van der Waals surface area contributed by atoms with Gasteiger partial charge in [0.2, 0.25) is 0 Å². The van der Waals surface area contributed by atoms with Crippen LogP contribution in [0.5, 0.6) is 0 Å². The maximum Gasteiger partial charge on any atom is 0.329 e. The van der Waals surface area contributed by atoms with E-state index in [1.54, 1.807) is 0 Å². The maximum atomic E-state index is 10.4. The number of carbonyl (C=O) groups is 1. The molecule has 9 heavy (non-hydrogen) atoms. The van der Waals surface area contributed by atoms with Crippen molar-refractivity contribution in [3.8, 4) is 0 Å². The first-order valence-electron chi connectivity index (χ1n) is 1.90. The van der Waals surface area contributed by atoms with Crippen molar-refractivity contribution in [2.75, 3.05) is 0 Å². The van der Waals surface area contributed by atoms with E-state index in [0.29, 0.717) is 6.21 Å². The lowest BCUT2D eigenvalue weighted by molar-refractivity contribution is -0.112. The monoisotopic (exact) mass is 164 g/mol. The molecule has 0 amide bonds. The van der Waals surface area contributed by atoms with Crippen LogP contribution in [0.25, 0.3) is 5.53 Å². The third-order valence-electron chi connectivity index (χ3n) is 0.506. The van der Waals surface area contributed by atoms with E-state index in [1.807, 2.05) is 0 Å². The van der Waals surface area contributed by atoms with Gasteiger partial charge in [0.25, 0.3) is 5.78 Å². The third-order valence-corrected chi connectivity index (χ3v) is 1.13. The summed E-state index contributed by atoms with van der Waals surface area (Å²) in [7, 11) is 0. The van der Waals surface area contributed by atoms with Crippen LogP contribution in [0, 0.1) is 0 Å². The van der Waals surface area contributed by atoms with E-state index in [4.69, 9.17) is 28.7 Å². The zero-order valence-corrected chi connectivity index (χ0v) is 5.73. The molecular formula is C4H2Cl2N2O. The number of carbonyl (C=O) groups excluding carboxylic acids is 1. The lowest BCUT2D eigenvalue weighted by Gasteiger charge is -1.78. The third kappa shape index (κ3) is 3.03. The molecule has 0 rings (SSSR count). The van der Waals surface area contributed by atoms with Gasteiger partial charge in [-0.25, -0.2) is 0 Å². The number of rotatable bonds is 2. The van der Waals surface area contributed by atoms with Gasteiger partial charge < -0.3 is 5.53 Å². The Hall–Kier alpha value is -0.630. The maximum absolute atomic E-state index is 10.4. The van der Waals surface area contributed by atoms with Crippen molar-refractivity contribution >= 4 is 35.2 Å². The van der Waals surface area contributed by atoms with Crippen molar-refractivity contribution in [2.45, 2.75) is 0 Å². The van der Waals surface area contributed by atoms with Crippen molar-refractivity contribution in [1.29, 1.82) is 0 Å². The summed E-state index contributed by atoms with van der Waals surface area (Å²) in [4.78, 5) is 12.8. The summed E-state index contributed by atoms with van der Waals surface area (Å²) in [6, 6.07) is 0. The number of hydrogen-bond acceptors (Lipinski definition) is 1. The van der Waals surface area contributed by atoms with Crippen molar-refractivity contribution in [3.05, 3.63) is 16.1 Å². The first-order chi connectivity index (χ1) is 4.22. The number of Topliss-reactive ketones (excluding diaryl/α,β-unsaturated/α-hetero) is 1. The first kappa shape index (κ1) is 8.37. The van der Waals surface area contributed by atoms with Crippen LogP contribution in [0.4, 0.5) is 0 Å². The molecule has 0 aromatic heterocycles. The lowest BCUT2D eigenvalue weighted by Crippen LogP contribution is -1.97. The second-order valence-corrected chi connectivity index (χ2v) is 1.69.